The van der Waals surface area contributed by atoms with E-state index in [1.54, 1.807) is 0 Å². The summed E-state index contributed by atoms with van der Waals surface area (Å²) in [5, 5.41) is 0. The van der Waals surface area contributed by atoms with Crippen molar-refractivity contribution in [2.45, 2.75) is 32.1 Å². The molecule has 0 bridgehead atoms. The molecular formula is C9H15I. The zero-order valence-electron chi connectivity index (χ0n) is 6.41. The van der Waals surface area contributed by atoms with Gasteiger partial charge in [-0.05, 0) is 31.6 Å². The van der Waals surface area contributed by atoms with Crippen LogP contribution in [0.3, 0.4) is 0 Å². The van der Waals surface area contributed by atoms with Crippen LogP contribution in [0.2, 0.25) is 0 Å². The molecule has 1 heteroatoms. The highest BCUT2D eigenvalue weighted by atomic mass is 127. The van der Waals surface area contributed by atoms with Crippen LogP contribution in [0.4, 0.5) is 0 Å². The lowest BCUT2D eigenvalue weighted by Crippen LogP contribution is -2.09. The number of hydrogen-bond acceptors (Lipinski definition) is 0. The quantitative estimate of drug-likeness (QED) is 0.399. The maximum absolute atomic E-state index is 4.11. The molecule has 1 saturated carbocycles. The lowest BCUT2D eigenvalue weighted by molar-refractivity contribution is 0.448. The lowest BCUT2D eigenvalue weighted by atomic mass is 9.84. The van der Waals surface area contributed by atoms with Crippen molar-refractivity contribution in [2.75, 3.05) is 4.43 Å². The van der Waals surface area contributed by atoms with Crippen LogP contribution in [-0.2, 0) is 0 Å². The van der Waals surface area contributed by atoms with E-state index in [1.807, 2.05) is 0 Å². The van der Waals surface area contributed by atoms with Gasteiger partial charge in [-0.15, -0.1) is 0 Å². The van der Waals surface area contributed by atoms with E-state index in [9.17, 15) is 0 Å². The summed E-state index contributed by atoms with van der Waals surface area (Å²) in [6, 6.07) is 0. The van der Waals surface area contributed by atoms with Gasteiger partial charge in [0, 0.05) is 4.43 Å². The summed E-state index contributed by atoms with van der Waals surface area (Å²) >= 11 is 2.46. The summed E-state index contributed by atoms with van der Waals surface area (Å²) in [5.41, 5.74) is 1.52. The summed E-state index contributed by atoms with van der Waals surface area (Å²) in [5.74, 6) is 0.866. The van der Waals surface area contributed by atoms with Crippen LogP contribution < -0.4 is 0 Å². The third-order valence-corrected chi connectivity index (χ3v) is 2.96. The molecule has 1 rings (SSSR count). The molecule has 1 fully saturated rings. The molecule has 10 heavy (non-hydrogen) atoms. The zero-order chi connectivity index (χ0) is 7.40. The maximum atomic E-state index is 4.11. The smallest absolute Gasteiger partial charge is 0.0000972 e. The van der Waals surface area contributed by atoms with E-state index in [0.29, 0.717) is 0 Å². The van der Waals surface area contributed by atoms with E-state index in [-0.39, 0.29) is 0 Å². The van der Waals surface area contributed by atoms with Gasteiger partial charge in [-0.3, -0.25) is 0 Å². The van der Waals surface area contributed by atoms with Crippen molar-refractivity contribution in [2.24, 2.45) is 5.92 Å². The molecule has 1 aliphatic carbocycles. The van der Waals surface area contributed by atoms with E-state index in [4.69, 9.17) is 0 Å². The first-order valence-electron chi connectivity index (χ1n) is 4.08. The largest absolute Gasteiger partial charge is 0.0996 e. The van der Waals surface area contributed by atoms with Gasteiger partial charge in [0.15, 0.2) is 0 Å². The Morgan fingerprint density at radius 2 is 2.30 bits per heavy atom. The molecule has 0 aromatic carbocycles. The van der Waals surface area contributed by atoms with Crippen molar-refractivity contribution in [1.82, 2.24) is 0 Å². The average Bonchev–Trinajstić information content (AvgIpc) is 1.94. The van der Waals surface area contributed by atoms with Gasteiger partial charge in [-0.1, -0.05) is 41.2 Å². The van der Waals surface area contributed by atoms with Crippen LogP contribution in [0.5, 0.6) is 0 Å². The van der Waals surface area contributed by atoms with Gasteiger partial charge in [0.05, 0.1) is 0 Å². The molecule has 1 atom stereocenters. The average molecular weight is 250 g/mol. The summed E-state index contributed by atoms with van der Waals surface area (Å²) in [6.07, 6.45) is 6.87. The Balaban J connectivity index is 2.32. The number of alkyl halides is 1. The van der Waals surface area contributed by atoms with Crippen molar-refractivity contribution in [3.05, 3.63) is 12.2 Å². The molecule has 1 unspecified atom stereocenters. The Labute approximate surface area is 77.2 Å². The van der Waals surface area contributed by atoms with Gasteiger partial charge in [0.1, 0.15) is 0 Å². The molecule has 0 aliphatic heterocycles. The fourth-order valence-corrected chi connectivity index (χ4v) is 2.38. The van der Waals surface area contributed by atoms with E-state index >= 15 is 0 Å². The van der Waals surface area contributed by atoms with E-state index in [1.165, 1.54) is 42.1 Å². The van der Waals surface area contributed by atoms with Crippen LogP contribution in [0.25, 0.3) is 0 Å². The minimum atomic E-state index is 0.866. The fraction of sp³-hybridized carbons (Fsp3) is 0.778. The predicted octanol–water partition coefficient (Wildman–Crippen LogP) is 3.56. The Hall–Kier alpha value is 0.470. The van der Waals surface area contributed by atoms with Crippen LogP contribution in [0.15, 0.2) is 12.2 Å². The second kappa shape index (κ2) is 4.37. The molecule has 0 spiro atoms. The maximum Gasteiger partial charge on any atom is 0.0000972 e. The Morgan fingerprint density at radius 3 is 2.90 bits per heavy atom. The van der Waals surface area contributed by atoms with Crippen molar-refractivity contribution in [1.29, 1.82) is 0 Å². The van der Waals surface area contributed by atoms with Crippen LogP contribution in [0.1, 0.15) is 32.1 Å². The van der Waals surface area contributed by atoms with Crippen molar-refractivity contribution in [3.63, 3.8) is 0 Å². The minimum absolute atomic E-state index is 0.866. The SMILES string of the molecule is C=C1CCCCC1CCI. The van der Waals surface area contributed by atoms with Crippen molar-refractivity contribution >= 4 is 22.6 Å². The standard InChI is InChI=1S/C9H15I/c1-8-4-2-3-5-9(8)6-7-10/h9H,1-7H2. The third kappa shape index (κ3) is 2.26. The molecule has 0 saturated heterocycles. The van der Waals surface area contributed by atoms with Gasteiger partial charge in [0.2, 0.25) is 0 Å². The van der Waals surface area contributed by atoms with Crippen molar-refractivity contribution in [3.8, 4) is 0 Å². The van der Waals surface area contributed by atoms with Gasteiger partial charge in [0.25, 0.3) is 0 Å². The molecule has 0 amide bonds. The topological polar surface area (TPSA) is 0 Å². The molecule has 0 radical (unpaired) electrons. The van der Waals surface area contributed by atoms with Gasteiger partial charge >= 0.3 is 0 Å². The highest BCUT2D eigenvalue weighted by Crippen LogP contribution is 2.30. The summed E-state index contributed by atoms with van der Waals surface area (Å²) in [7, 11) is 0. The summed E-state index contributed by atoms with van der Waals surface area (Å²) in [4.78, 5) is 0. The zero-order valence-corrected chi connectivity index (χ0v) is 8.56. The predicted molar refractivity (Wildman–Crippen MR) is 54.6 cm³/mol. The third-order valence-electron chi connectivity index (χ3n) is 2.34. The molecular weight excluding hydrogens is 235 g/mol. The first-order chi connectivity index (χ1) is 4.84. The Morgan fingerprint density at radius 1 is 1.50 bits per heavy atom. The molecule has 58 valence electrons. The van der Waals surface area contributed by atoms with Gasteiger partial charge < -0.3 is 0 Å². The van der Waals surface area contributed by atoms with E-state index in [2.05, 4.69) is 29.2 Å². The van der Waals surface area contributed by atoms with E-state index in [0.717, 1.165) is 5.92 Å². The second-order valence-electron chi connectivity index (χ2n) is 3.08. The van der Waals surface area contributed by atoms with Crippen LogP contribution in [0, 0.1) is 5.92 Å². The summed E-state index contributed by atoms with van der Waals surface area (Å²) < 4.78 is 1.29. The number of allylic oxidation sites excluding steroid dienone is 1. The van der Waals surface area contributed by atoms with Gasteiger partial charge in [-0.25, -0.2) is 0 Å². The van der Waals surface area contributed by atoms with Crippen LogP contribution >= 0.6 is 22.6 Å². The Bertz CT molecular complexity index is 116. The minimum Gasteiger partial charge on any atom is -0.0996 e. The molecule has 1 aliphatic rings. The van der Waals surface area contributed by atoms with E-state index < -0.39 is 0 Å². The number of hydrogen-bond donors (Lipinski definition) is 0. The molecule has 0 N–H and O–H groups in total. The normalized spacial score (nSPS) is 26.9. The fourth-order valence-electron chi connectivity index (χ4n) is 1.63. The van der Waals surface area contributed by atoms with Crippen LogP contribution in [-0.4, -0.2) is 4.43 Å². The number of halogens is 1. The molecule has 0 nitrogen and oxygen atoms in total. The molecule has 0 aromatic heterocycles. The highest BCUT2D eigenvalue weighted by Gasteiger charge is 2.15. The first-order valence-corrected chi connectivity index (χ1v) is 5.61. The Kier molecular flexibility index (Phi) is 3.74. The highest BCUT2D eigenvalue weighted by molar-refractivity contribution is 14.1. The second-order valence-corrected chi connectivity index (χ2v) is 4.16. The summed E-state index contributed by atoms with van der Waals surface area (Å²) in [6.45, 7) is 4.11. The first kappa shape index (κ1) is 8.57. The van der Waals surface area contributed by atoms with Gasteiger partial charge in [-0.2, -0.15) is 0 Å². The molecule has 0 aromatic rings. The number of rotatable bonds is 2. The monoisotopic (exact) mass is 250 g/mol. The lowest BCUT2D eigenvalue weighted by Gasteiger charge is -2.23. The molecule has 0 heterocycles. The van der Waals surface area contributed by atoms with Crippen molar-refractivity contribution < 1.29 is 0 Å².